The number of carbonyl (C=O) groups excluding carboxylic acids is 2. The second kappa shape index (κ2) is 8.83. The van der Waals surface area contributed by atoms with Gasteiger partial charge in [0.2, 0.25) is 0 Å². The van der Waals surface area contributed by atoms with Crippen molar-refractivity contribution in [3.63, 3.8) is 0 Å². The lowest BCUT2D eigenvalue weighted by atomic mass is 10.1. The number of ether oxygens (including phenoxy) is 1. The molecular weight excluding hydrogens is 352 g/mol. The highest BCUT2D eigenvalue weighted by Gasteiger charge is 2.26. The van der Waals surface area contributed by atoms with E-state index < -0.39 is 0 Å². The van der Waals surface area contributed by atoms with Crippen molar-refractivity contribution in [1.82, 2.24) is 10.6 Å². The highest BCUT2D eigenvalue weighted by atomic mass is 35.5. The highest BCUT2D eigenvalue weighted by Crippen LogP contribution is 2.19. The zero-order chi connectivity index (χ0) is 18.4. The Morgan fingerprint density at radius 1 is 0.885 bits per heavy atom. The molecule has 2 unspecified atom stereocenters. The largest absolute Gasteiger partial charge is 0.371 e. The Hall–Kier alpha value is -2.37. The van der Waals surface area contributed by atoms with Crippen LogP contribution in [0.5, 0.6) is 0 Å². The molecule has 1 fully saturated rings. The molecule has 0 bridgehead atoms. The molecule has 2 aromatic rings. The zero-order valence-electron chi connectivity index (χ0n) is 14.3. The summed E-state index contributed by atoms with van der Waals surface area (Å²) < 4.78 is 5.90. The van der Waals surface area contributed by atoms with Crippen molar-refractivity contribution in [2.45, 2.75) is 25.0 Å². The van der Waals surface area contributed by atoms with Crippen molar-refractivity contribution in [3.05, 3.63) is 70.7 Å². The van der Waals surface area contributed by atoms with E-state index in [4.69, 9.17) is 16.3 Å². The van der Waals surface area contributed by atoms with Crippen LogP contribution in [0, 0.1) is 0 Å². The molecule has 1 aliphatic heterocycles. The number of hydrogen-bond acceptors (Lipinski definition) is 3. The van der Waals surface area contributed by atoms with E-state index in [1.54, 1.807) is 36.4 Å². The quantitative estimate of drug-likeness (QED) is 0.819. The third-order valence-corrected chi connectivity index (χ3v) is 4.66. The standard InChI is InChI=1S/C20H21ClN2O3/c21-18-9-5-4-8-17(18)20(25)23-13-16-11-10-15(26-16)12-22-19(24)14-6-2-1-3-7-14/h1-9,15-16H,10-13H2,(H,22,24)(H,23,25). The number of halogens is 1. The van der Waals surface area contributed by atoms with Crippen molar-refractivity contribution >= 4 is 23.4 Å². The Balaban J connectivity index is 1.41. The molecule has 3 rings (SSSR count). The molecule has 0 saturated carbocycles. The Morgan fingerprint density at radius 3 is 2.12 bits per heavy atom. The third kappa shape index (κ3) is 4.84. The number of rotatable bonds is 6. The Morgan fingerprint density at radius 2 is 1.46 bits per heavy atom. The average Bonchev–Trinajstić information content (AvgIpc) is 3.13. The first-order chi connectivity index (χ1) is 12.6. The number of hydrogen-bond donors (Lipinski definition) is 2. The SMILES string of the molecule is O=C(NCC1CCC(CNC(=O)c2ccccc2Cl)O1)c1ccccc1. The predicted octanol–water partition coefficient (Wildman–Crippen LogP) is 3.05. The van der Waals surface area contributed by atoms with E-state index >= 15 is 0 Å². The lowest BCUT2D eigenvalue weighted by Crippen LogP contribution is -2.35. The summed E-state index contributed by atoms with van der Waals surface area (Å²) in [7, 11) is 0. The molecule has 2 amide bonds. The molecule has 1 aliphatic rings. The molecule has 0 aliphatic carbocycles. The summed E-state index contributed by atoms with van der Waals surface area (Å²) in [6.07, 6.45) is 1.60. The van der Waals surface area contributed by atoms with Crippen LogP contribution in [0.4, 0.5) is 0 Å². The van der Waals surface area contributed by atoms with Crippen molar-refractivity contribution < 1.29 is 14.3 Å². The second-order valence-electron chi connectivity index (χ2n) is 6.22. The van der Waals surface area contributed by atoms with Crippen molar-refractivity contribution in [2.75, 3.05) is 13.1 Å². The molecule has 1 saturated heterocycles. The first-order valence-electron chi connectivity index (χ1n) is 8.65. The zero-order valence-corrected chi connectivity index (χ0v) is 15.0. The van der Waals surface area contributed by atoms with Crippen LogP contribution in [0.1, 0.15) is 33.6 Å². The van der Waals surface area contributed by atoms with Crippen molar-refractivity contribution in [2.24, 2.45) is 0 Å². The maximum absolute atomic E-state index is 12.2. The molecule has 2 aromatic carbocycles. The van der Waals surface area contributed by atoms with Gasteiger partial charge in [-0.05, 0) is 37.1 Å². The van der Waals surface area contributed by atoms with Gasteiger partial charge >= 0.3 is 0 Å². The van der Waals surface area contributed by atoms with Gasteiger partial charge in [-0.2, -0.15) is 0 Å². The Bertz CT molecular complexity index is 767. The molecule has 0 spiro atoms. The van der Waals surface area contributed by atoms with Gasteiger partial charge in [0.05, 0.1) is 22.8 Å². The lowest BCUT2D eigenvalue weighted by molar-refractivity contribution is 0.0432. The smallest absolute Gasteiger partial charge is 0.252 e. The normalized spacial score (nSPS) is 19.1. The molecule has 0 aromatic heterocycles. The van der Waals surface area contributed by atoms with Gasteiger partial charge in [-0.15, -0.1) is 0 Å². The van der Waals surface area contributed by atoms with Gasteiger partial charge in [0.1, 0.15) is 0 Å². The molecule has 1 heterocycles. The van der Waals surface area contributed by atoms with Gasteiger partial charge in [0.25, 0.3) is 11.8 Å². The monoisotopic (exact) mass is 372 g/mol. The second-order valence-corrected chi connectivity index (χ2v) is 6.63. The fourth-order valence-electron chi connectivity index (χ4n) is 2.93. The number of benzene rings is 2. The molecular formula is C20H21ClN2O3. The minimum absolute atomic E-state index is 0.0372. The topological polar surface area (TPSA) is 67.4 Å². The van der Waals surface area contributed by atoms with E-state index in [1.165, 1.54) is 0 Å². The summed E-state index contributed by atoms with van der Waals surface area (Å²) in [5, 5.41) is 6.18. The third-order valence-electron chi connectivity index (χ3n) is 4.33. The molecule has 2 atom stereocenters. The van der Waals surface area contributed by atoms with Gasteiger partial charge in [-0.3, -0.25) is 9.59 Å². The van der Waals surface area contributed by atoms with Crippen molar-refractivity contribution in [1.29, 1.82) is 0 Å². The molecule has 26 heavy (non-hydrogen) atoms. The van der Waals surface area contributed by atoms with Gasteiger partial charge in [-0.1, -0.05) is 41.9 Å². The van der Waals surface area contributed by atoms with E-state index in [-0.39, 0.29) is 24.0 Å². The van der Waals surface area contributed by atoms with Crippen LogP contribution in [-0.2, 0) is 4.74 Å². The van der Waals surface area contributed by atoms with Gasteiger partial charge in [-0.25, -0.2) is 0 Å². The van der Waals surface area contributed by atoms with E-state index in [2.05, 4.69) is 10.6 Å². The fraction of sp³-hybridized carbons (Fsp3) is 0.300. The van der Waals surface area contributed by atoms with E-state index in [1.807, 2.05) is 18.2 Å². The number of amides is 2. The van der Waals surface area contributed by atoms with E-state index in [0.717, 1.165) is 12.8 Å². The number of nitrogens with one attached hydrogen (secondary N) is 2. The molecule has 6 heteroatoms. The lowest BCUT2D eigenvalue weighted by Gasteiger charge is -2.15. The maximum Gasteiger partial charge on any atom is 0.252 e. The van der Waals surface area contributed by atoms with Gasteiger partial charge in [0.15, 0.2) is 0 Å². The Kier molecular flexibility index (Phi) is 6.26. The van der Waals surface area contributed by atoms with Crippen LogP contribution in [0.25, 0.3) is 0 Å². The molecule has 5 nitrogen and oxygen atoms in total. The summed E-state index contributed by atoms with van der Waals surface area (Å²) in [6, 6.07) is 16.0. The first kappa shape index (κ1) is 18.4. The summed E-state index contributed by atoms with van der Waals surface area (Å²) in [6.45, 7) is 0.885. The van der Waals surface area contributed by atoms with Crippen LogP contribution in [-0.4, -0.2) is 37.1 Å². The Labute approximate surface area is 157 Å². The predicted molar refractivity (Wildman–Crippen MR) is 100 cm³/mol. The molecule has 136 valence electrons. The summed E-state index contributed by atoms with van der Waals surface area (Å²) in [5.41, 5.74) is 1.09. The van der Waals surface area contributed by atoms with Crippen LogP contribution < -0.4 is 10.6 Å². The van der Waals surface area contributed by atoms with Gasteiger partial charge < -0.3 is 15.4 Å². The minimum atomic E-state index is -0.208. The van der Waals surface area contributed by atoms with E-state index in [0.29, 0.717) is 29.2 Å². The molecule has 2 N–H and O–H groups in total. The van der Waals surface area contributed by atoms with Crippen LogP contribution in [0.15, 0.2) is 54.6 Å². The number of carbonyl (C=O) groups is 2. The van der Waals surface area contributed by atoms with Crippen LogP contribution >= 0.6 is 11.6 Å². The molecule has 0 radical (unpaired) electrons. The average molecular weight is 373 g/mol. The first-order valence-corrected chi connectivity index (χ1v) is 9.02. The fourth-order valence-corrected chi connectivity index (χ4v) is 3.15. The van der Waals surface area contributed by atoms with Gasteiger partial charge in [0, 0.05) is 18.7 Å². The summed E-state index contributed by atoms with van der Waals surface area (Å²) in [4.78, 5) is 24.2. The minimum Gasteiger partial charge on any atom is -0.371 e. The van der Waals surface area contributed by atoms with Crippen LogP contribution in [0.2, 0.25) is 5.02 Å². The summed E-state index contributed by atoms with van der Waals surface area (Å²) >= 11 is 6.03. The highest BCUT2D eigenvalue weighted by molar-refractivity contribution is 6.33. The van der Waals surface area contributed by atoms with Crippen LogP contribution in [0.3, 0.4) is 0 Å². The van der Waals surface area contributed by atoms with E-state index in [9.17, 15) is 9.59 Å². The summed E-state index contributed by atoms with van der Waals surface area (Å²) in [5.74, 6) is -0.315. The van der Waals surface area contributed by atoms with Crippen molar-refractivity contribution in [3.8, 4) is 0 Å². The maximum atomic E-state index is 12.2.